The van der Waals surface area contributed by atoms with Crippen LogP contribution in [0.25, 0.3) is 34.2 Å². The molecule has 1 aliphatic heterocycles. The van der Waals surface area contributed by atoms with Crippen LogP contribution in [-0.4, -0.2) is 15.0 Å². The van der Waals surface area contributed by atoms with Crippen LogP contribution in [0, 0.1) is 6.92 Å². The predicted octanol–water partition coefficient (Wildman–Crippen LogP) is 7.84. The molecule has 0 fully saturated rings. The topological polar surface area (TPSA) is 57.1 Å². The van der Waals surface area contributed by atoms with E-state index in [9.17, 15) is 0 Å². The van der Waals surface area contributed by atoms with Crippen LogP contribution >= 0.6 is 15.9 Å². The summed E-state index contributed by atoms with van der Waals surface area (Å²) < 4.78 is 13.2. The molecule has 0 unspecified atom stereocenters. The number of fused-ring (bicyclic) bond motifs is 2. The van der Waals surface area contributed by atoms with Gasteiger partial charge in [0.1, 0.15) is 0 Å². The van der Waals surface area contributed by atoms with Crippen LogP contribution in [0.1, 0.15) is 5.56 Å². The molecule has 2 heterocycles. The molecule has 0 bridgehead atoms. The minimum Gasteiger partial charge on any atom is -0.449 e. The smallest absolute Gasteiger partial charge is 0.171 e. The maximum atomic E-state index is 6.19. The molecule has 0 spiro atoms. The zero-order valence-electron chi connectivity index (χ0n) is 18.2. The lowest BCUT2D eigenvalue weighted by atomic mass is 10.1. The molecule has 34 heavy (non-hydrogen) atoms. The molecule has 0 aliphatic carbocycles. The van der Waals surface area contributed by atoms with Crippen LogP contribution in [0.4, 0.5) is 0 Å². The van der Waals surface area contributed by atoms with E-state index in [4.69, 9.17) is 24.4 Å². The SMILES string of the molecule is Cc1cc2c(cc1Br)Oc1ccc(-c3nc(-c4ccccc4)nc(-c4ccccc4)n3)cc1O2. The van der Waals surface area contributed by atoms with Gasteiger partial charge in [0, 0.05) is 21.2 Å². The van der Waals surface area contributed by atoms with Crippen molar-refractivity contribution in [3.8, 4) is 57.2 Å². The molecule has 5 nitrogen and oxygen atoms in total. The van der Waals surface area contributed by atoms with Crippen molar-refractivity contribution in [2.24, 2.45) is 0 Å². The van der Waals surface area contributed by atoms with E-state index < -0.39 is 0 Å². The molecule has 0 amide bonds. The van der Waals surface area contributed by atoms with Gasteiger partial charge < -0.3 is 9.47 Å². The molecule has 6 rings (SSSR count). The standard InChI is InChI=1S/C28H18BrN3O2/c1-17-14-23-25(16-21(17)29)33-22-13-12-20(15-24(22)34-23)28-31-26(18-8-4-2-5-9-18)30-27(32-28)19-10-6-3-7-11-19/h2-16H,1H3. The number of aryl methyl sites for hydroxylation is 1. The molecule has 0 saturated heterocycles. The summed E-state index contributed by atoms with van der Waals surface area (Å²) in [6, 6.07) is 29.4. The van der Waals surface area contributed by atoms with Gasteiger partial charge in [-0.1, -0.05) is 76.6 Å². The molecule has 1 aliphatic rings. The van der Waals surface area contributed by atoms with Crippen LogP contribution in [0.2, 0.25) is 0 Å². The highest BCUT2D eigenvalue weighted by Gasteiger charge is 2.21. The van der Waals surface area contributed by atoms with Crippen LogP contribution in [0.5, 0.6) is 23.0 Å². The minimum atomic E-state index is 0.567. The van der Waals surface area contributed by atoms with Crippen molar-refractivity contribution in [2.45, 2.75) is 6.92 Å². The van der Waals surface area contributed by atoms with Crippen LogP contribution in [0.3, 0.4) is 0 Å². The van der Waals surface area contributed by atoms with Crippen molar-refractivity contribution in [3.63, 3.8) is 0 Å². The van der Waals surface area contributed by atoms with Gasteiger partial charge in [-0.05, 0) is 42.8 Å². The van der Waals surface area contributed by atoms with Gasteiger partial charge in [0.2, 0.25) is 0 Å². The summed E-state index contributed by atoms with van der Waals surface area (Å²) in [5.74, 6) is 4.42. The van der Waals surface area contributed by atoms with Crippen LogP contribution in [0.15, 0.2) is 95.5 Å². The normalized spacial score (nSPS) is 11.7. The van der Waals surface area contributed by atoms with Gasteiger partial charge in [0.25, 0.3) is 0 Å². The molecule has 0 radical (unpaired) electrons. The molecular weight excluding hydrogens is 490 g/mol. The Kier molecular flexibility index (Phi) is 5.08. The van der Waals surface area contributed by atoms with Crippen molar-refractivity contribution in [1.82, 2.24) is 15.0 Å². The van der Waals surface area contributed by atoms with Gasteiger partial charge >= 0.3 is 0 Å². The molecule has 1 aromatic heterocycles. The van der Waals surface area contributed by atoms with E-state index in [1.54, 1.807) is 0 Å². The molecule has 4 aromatic carbocycles. The minimum absolute atomic E-state index is 0.567. The lowest BCUT2D eigenvalue weighted by molar-refractivity contribution is 0.359. The molecule has 0 N–H and O–H groups in total. The molecule has 164 valence electrons. The first-order chi connectivity index (χ1) is 16.6. The maximum absolute atomic E-state index is 6.19. The number of aromatic nitrogens is 3. The summed E-state index contributed by atoms with van der Waals surface area (Å²) >= 11 is 3.55. The van der Waals surface area contributed by atoms with Gasteiger partial charge in [-0.25, -0.2) is 15.0 Å². The highest BCUT2D eigenvalue weighted by molar-refractivity contribution is 9.10. The zero-order valence-corrected chi connectivity index (χ0v) is 19.8. The van der Waals surface area contributed by atoms with E-state index in [1.165, 1.54) is 0 Å². The Hall–Kier alpha value is -4.03. The van der Waals surface area contributed by atoms with Crippen molar-refractivity contribution in [1.29, 1.82) is 0 Å². The third-order valence-corrected chi connectivity index (χ3v) is 6.42. The highest BCUT2D eigenvalue weighted by Crippen LogP contribution is 2.48. The summed E-state index contributed by atoms with van der Waals surface area (Å²) in [5.41, 5.74) is 3.74. The van der Waals surface area contributed by atoms with E-state index in [2.05, 4.69) is 15.9 Å². The molecular formula is C28H18BrN3O2. The second kappa shape index (κ2) is 8.39. The Balaban J connectivity index is 1.45. The Morgan fingerprint density at radius 1 is 0.529 bits per heavy atom. The summed E-state index contributed by atoms with van der Waals surface area (Å²) in [6.45, 7) is 2.01. The Labute approximate surface area is 205 Å². The summed E-state index contributed by atoms with van der Waals surface area (Å²) in [7, 11) is 0. The molecule has 6 heteroatoms. The third-order valence-electron chi connectivity index (χ3n) is 5.57. The number of benzene rings is 4. The van der Waals surface area contributed by atoms with Crippen molar-refractivity contribution < 1.29 is 9.47 Å². The predicted molar refractivity (Wildman–Crippen MR) is 135 cm³/mol. The van der Waals surface area contributed by atoms with Crippen molar-refractivity contribution in [2.75, 3.05) is 0 Å². The fourth-order valence-electron chi connectivity index (χ4n) is 3.78. The van der Waals surface area contributed by atoms with Crippen molar-refractivity contribution in [3.05, 3.63) is 101 Å². The number of hydrogen-bond donors (Lipinski definition) is 0. The largest absolute Gasteiger partial charge is 0.449 e. The fourth-order valence-corrected chi connectivity index (χ4v) is 4.10. The van der Waals surface area contributed by atoms with Gasteiger partial charge in [0.15, 0.2) is 40.5 Å². The highest BCUT2D eigenvalue weighted by atomic mass is 79.9. The summed E-state index contributed by atoms with van der Waals surface area (Å²) in [5, 5.41) is 0. The first-order valence-electron chi connectivity index (χ1n) is 10.8. The molecule has 0 saturated carbocycles. The summed E-state index contributed by atoms with van der Waals surface area (Å²) in [4.78, 5) is 14.3. The second-order valence-corrected chi connectivity index (χ2v) is 8.81. The number of rotatable bonds is 3. The average molecular weight is 508 g/mol. The summed E-state index contributed by atoms with van der Waals surface area (Å²) in [6.07, 6.45) is 0. The first-order valence-corrected chi connectivity index (χ1v) is 11.6. The van der Waals surface area contributed by atoms with E-state index in [0.717, 1.165) is 26.7 Å². The number of ether oxygens (including phenoxy) is 2. The molecule has 5 aromatic rings. The van der Waals surface area contributed by atoms with Gasteiger partial charge in [0.05, 0.1) is 0 Å². The Bertz CT molecular complexity index is 1460. The lowest BCUT2D eigenvalue weighted by Crippen LogP contribution is -2.02. The van der Waals surface area contributed by atoms with Crippen molar-refractivity contribution >= 4 is 15.9 Å². The maximum Gasteiger partial charge on any atom is 0.171 e. The number of hydrogen-bond acceptors (Lipinski definition) is 5. The average Bonchev–Trinajstić information content (AvgIpc) is 2.89. The third kappa shape index (κ3) is 3.82. The van der Waals surface area contributed by atoms with E-state index >= 15 is 0 Å². The monoisotopic (exact) mass is 507 g/mol. The first kappa shape index (κ1) is 20.6. The van der Waals surface area contributed by atoms with E-state index in [-0.39, 0.29) is 0 Å². The van der Waals surface area contributed by atoms with E-state index in [0.29, 0.717) is 40.5 Å². The Morgan fingerprint density at radius 2 is 1.03 bits per heavy atom. The fraction of sp³-hybridized carbons (Fsp3) is 0.0357. The van der Waals surface area contributed by atoms with Crippen LogP contribution in [-0.2, 0) is 0 Å². The number of halogens is 1. The van der Waals surface area contributed by atoms with Gasteiger partial charge in [-0.15, -0.1) is 0 Å². The quantitative estimate of drug-likeness (QED) is 0.244. The van der Waals surface area contributed by atoms with Gasteiger partial charge in [-0.2, -0.15) is 0 Å². The van der Waals surface area contributed by atoms with E-state index in [1.807, 2.05) is 97.9 Å². The van der Waals surface area contributed by atoms with Gasteiger partial charge in [-0.3, -0.25) is 0 Å². The lowest BCUT2D eigenvalue weighted by Gasteiger charge is -2.22. The number of nitrogens with zero attached hydrogens (tertiary/aromatic N) is 3. The van der Waals surface area contributed by atoms with Crippen LogP contribution < -0.4 is 9.47 Å². The Morgan fingerprint density at radius 3 is 1.65 bits per heavy atom. The molecule has 0 atom stereocenters. The second-order valence-electron chi connectivity index (χ2n) is 7.95. The zero-order chi connectivity index (χ0) is 23.1.